The van der Waals surface area contributed by atoms with Crippen LogP contribution in [0.5, 0.6) is 0 Å². The van der Waals surface area contributed by atoms with E-state index in [1.54, 1.807) is 0 Å². The van der Waals surface area contributed by atoms with Crippen LogP contribution in [0, 0.1) is 5.92 Å². The fourth-order valence-electron chi connectivity index (χ4n) is 2.57. The summed E-state index contributed by atoms with van der Waals surface area (Å²) in [5.41, 5.74) is 6.66. The maximum absolute atomic E-state index is 3.94. The molecule has 0 fully saturated rings. The molecule has 0 atom stereocenters. The first-order valence-corrected chi connectivity index (χ1v) is 8.86. The highest BCUT2D eigenvalue weighted by Gasteiger charge is 2.07. The van der Waals surface area contributed by atoms with Gasteiger partial charge in [0, 0.05) is 0 Å². The minimum Gasteiger partial charge on any atom is -0.0984 e. The highest BCUT2D eigenvalue weighted by Crippen LogP contribution is 2.26. The minimum absolute atomic E-state index is 0. The lowest BCUT2D eigenvalue weighted by Crippen LogP contribution is -1.96. The Balaban J connectivity index is 0.00000170. The third kappa shape index (κ3) is 6.00. The van der Waals surface area contributed by atoms with Crippen LogP contribution in [0.15, 0.2) is 54.2 Å². The second-order valence-corrected chi connectivity index (χ2v) is 6.36. The van der Waals surface area contributed by atoms with Gasteiger partial charge >= 0.3 is 0 Å². The van der Waals surface area contributed by atoms with Crippen molar-refractivity contribution in [2.45, 2.75) is 61.3 Å². The quantitative estimate of drug-likeness (QED) is 0.525. The van der Waals surface area contributed by atoms with E-state index in [-0.39, 0.29) is 7.43 Å². The molecule has 0 N–H and O–H groups in total. The van der Waals surface area contributed by atoms with Gasteiger partial charge in [-0.05, 0) is 46.1 Å². The highest BCUT2D eigenvalue weighted by atomic mass is 14.1. The van der Waals surface area contributed by atoms with Crippen molar-refractivity contribution in [2.75, 3.05) is 0 Å². The number of benzene rings is 1. The first-order valence-electron chi connectivity index (χ1n) is 8.86. The van der Waals surface area contributed by atoms with Crippen LogP contribution in [0.2, 0.25) is 0 Å². The van der Waals surface area contributed by atoms with Crippen molar-refractivity contribution in [1.82, 2.24) is 0 Å². The molecule has 0 unspecified atom stereocenters. The molecule has 0 aromatic heterocycles. The number of rotatable bonds is 4. The third-order valence-electron chi connectivity index (χ3n) is 4.07. The number of hydrogen-bond donors (Lipinski definition) is 0. The van der Waals surface area contributed by atoms with Crippen molar-refractivity contribution >= 4 is 12.2 Å². The van der Waals surface area contributed by atoms with E-state index in [4.69, 9.17) is 0 Å². The second-order valence-electron chi connectivity index (χ2n) is 6.36. The normalized spacial score (nSPS) is 14.8. The molecule has 0 heteroatoms. The zero-order chi connectivity index (χ0) is 17.4. The summed E-state index contributed by atoms with van der Waals surface area (Å²) in [5.74, 6) is 1.16. The summed E-state index contributed by atoms with van der Waals surface area (Å²) >= 11 is 0. The first kappa shape index (κ1) is 22.2. The molecule has 0 heterocycles. The SMILES string of the molecule is C.C=Cc1ccc(C(C)C)cc1/C=C1/C=CC(C(C)C)=CC1.CC. The molecule has 0 saturated carbocycles. The van der Waals surface area contributed by atoms with Crippen LogP contribution in [0.25, 0.3) is 12.2 Å². The van der Waals surface area contributed by atoms with Crippen molar-refractivity contribution in [2.24, 2.45) is 5.92 Å². The Bertz CT molecular complexity index is 607. The lowest BCUT2D eigenvalue weighted by atomic mass is 9.92. The molecule has 24 heavy (non-hydrogen) atoms. The van der Waals surface area contributed by atoms with Crippen molar-refractivity contribution < 1.29 is 0 Å². The molecule has 0 saturated heterocycles. The molecule has 1 aliphatic carbocycles. The number of hydrogen-bond acceptors (Lipinski definition) is 0. The molecule has 2 rings (SSSR count). The van der Waals surface area contributed by atoms with E-state index in [9.17, 15) is 0 Å². The van der Waals surface area contributed by atoms with E-state index in [0.717, 1.165) is 6.42 Å². The van der Waals surface area contributed by atoms with Gasteiger partial charge in [-0.15, -0.1) is 0 Å². The summed E-state index contributed by atoms with van der Waals surface area (Å²) in [4.78, 5) is 0. The monoisotopic (exact) mass is 324 g/mol. The summed E-state index contributed by atoms with van der Waals surface area (Å²) in [5, 5.41) is 0. The third-order valence-corrected chi connectivity index (χ3v) is 4.07. The van der Waals surface area contributed by atoms with Gasteiger partial charge in [0.05, 0.1) is 0 Å². The Labute approximate surface area is 150 Å². The van der Waals surface area contributed by atoms with Crippen LogP contribution in [-0.4, -0.2) is 0 Å². The molecule has 132 valence electrons. The maximum atomic E-state index is 3.94. The van der Waals surface area contributed by atoms with Gasteiger partial charge in [-0.1, -0.05) is 104 Å². The molecule has 0 bridgehead atoms. The summed E-state index contributed by atoms with van der Waals surface area (Å²) < 4.78 is 0. The van der Waals surface area contributed by atoms with Crippen LogP contribution in [0.3, 0.4) is 0 Å². The average Bonchev–Trinajstić information content (AvgIpc) is 2.57. The van der Waals surface area contributed by atoms with Gasteiger partial charge in [0.1, 0.15) is 0 Å². The van der Waals surface area contributed by atoms with Gasteiger partial charge in [-0.25, -0.2) is 0 Å². The first-order chi connectivity index (χ1) is 11.0. The van der Waals surface area contributed by atoms with Crippen LogP contribution in [0.1, 0.15) is 78.0 Å². The topological polar surface area (TPSA) is 0 Å². The van der Waals surface area contributed by atoms with Gasteiger partial charge in [0.25, 0.3) is 0 Å². The fraction of sp³-hybridized carbons (Fsp3) is 0.417. The van der Waals surface area contributed by atoms with E-state index in [1.807, 2.05) is 19.9 Å². The van der Waals surface area contributed by atoms with Crippen LogP contribution in [-0.2, 0) is 0 Å². The smallest absolute Gasteiger partial charge is 0.00913 e. The van der Waals surface area contributed by atoms with Gasteiger partial charge < -0.3 is 0 Å². The van der Waals surface area contributed by atoms with Crippen molar-refractivity contribution in [3.8, 4) is 0 Å². The standard InChI is InChI=1S/C21H26.C2H6.CH4/c1-6-18-11-12-20(16(4)5)14-21(18)13-17-7-9-19(10-8-17)15(2)3;1-2;/h6-7,9-16H,1,8H2,2-5H3;1-2H3;1H4/b17-13-;;. The van der Waals surface area contributed by atoms with Gasteiger partial charge in [0.15, 0.2) is 0 Å². The fourth-order valence-corrected chi connectivity index (χ4v) is 2.57. The summed E-state index contributed by atoms with van der Waals surface area (Å²) in [6.07, 6.45) is 12.1. The van der Waals surface area contributed by atoms with Gasteiger partial charge in [-0.2, -0.15) is 0 Å². The molecule has 0 radical (unpaired) electrons. The largest absolute Gasteiger partial charge is 0.0984 e. The molecule has 1 aromatic rings. The molecule has 1 aromatic carbocycles. The van der Waals surface area contributed by atoms with Crippen LogP contribution >= 0.6 is 0 Å². The Morgan fingerprint density at radius 3 is 2.08 bits per heavy atom. The zero-order valence-corrected chi connectivity index (χ0v) is 15.7. The van der Waals surface area contributed by atoms with Crippen molar-refractivity contribution in [3.63, 3.8) is 0 Å². The minimum atomic E-state index is 0. The van der Waals surface area contributed by atoms with E-state index in [0.29, 0.717) is 11.8 Å². The maximum Gasteiger partial charge on any atom is -0.00913 e. The highest BCUT2D eigenvalue weighted by molar-refractivity contribution is 5.68. The summed E-state index contributed by atoms with van der Waals surface area (Å²) in [6, 6.07) is 6.68. The van der Waals surface area contributed by atoms with E-state index < -0.39 is 0 Å². The molecule has 1 aliphatic rings. The zero-order valence-electron chi connectivity index (χ0n) is 15.7. The molecule has 0 amide bonds. The Kier molecular flexibility index (Phi) is 10.0. The van der Waals surface area contributed by atoms with E-state index in [1.165, 1.54) is 27.8 Å². The predicted octanol–water partition coefficient (Wildman–Crippen LogP) is 8.04. The molecule has 0 nitrogen and oxygen atoms in total. The van der Waals surface area contributed by atoms with Crippen LogP contribution < -0.4 is 0 Å². The average molecular weight is 325 g/mol. The number of allylic oxidation sites excluding steroid dienone is 5. The predicted molar refractivity (Wildman–Crippen MR) is 113 cm³/mol. The Hall–Kier alpha value is -1.82. The molecular formula is C24H36. The Morgan fingerprint density at radius 2 is 1.62 bits per heavy atom. The van der Waals surface area contributed by atoms with Crippen LogP contribution in [0.4, 0.5) is 0 Å². The van der Waals surface area contributed by atoms with Crippen molar-refractivity contribution in [1.29, 1.82) is 0 Å². The van der Waals surface area contributed by atoms with E-state index >= 15 is 0 Å². The molecular weight excluding hydrogens is 288 g/mol. The van der Waals surface area contributed by atoms with E-state index in [2.05, 4.69) is 76.8 Å². The van der Waals surface area contributed by atoms with Gasteiger partial charge in [-0.3, -0.25) is 0 Å². The Morgan fingerprint density at radius 1 is 0.958 bits per heavy atom. The van der Waals surface area contributed by atoms with Gasteiger partial charge in [0.2, 0.25) is 0 Å². The lowest BCUT2D eigenvalue weighted by molar-refractivity contribution is 0.783. The van der Waals surface area contributed by atoms with Crippen molar-refractivity contribution in [3.05, 3.63) is 70.8 Å². The summed E-state index contributed by atoms with van der Waals surface area (Å²) in [7, 11) is 0. The summed E-state index contributed by atoms with van der Waals surface area (Å²) in [6.45, 7) is 16.9. The second kappa shape index (κ2) is 10.9. The lowest BCUT2D eigenvalue weighted by Gasteiger charge is -2.14. The molecule has 0 aliphatic heterocycles. The molecule has 0 spiro atoms.